The first kappa shape index (κ1) is 85.4. The maximum Gasteiger partial charge on any atom is 2.00 e. The third kappa shape index (κ3) is 16.0. The van der Waals surface area contributed by atoms with Gasteiger partial charge in [0, 0.05) is 97.6 Å². The van der Waals surface area contributed by atoms with Crippen molar-refractivity contribution in [2.75, 3.05) is 0 Å². The van der Waals surface area contributed by atoms with Crippen molar-refractivity contribution in [1.29, 1.82) is 0 Å². The number of fused-ring (bicyclic) bond motifs is 12. The number of thiazole rings is 3. The number of pyridine rings is 3. The molecule has 0 spiro atoms. The summed E-state index contributed by atoms with van der Waals surface area (Å²) < 4.78 is 42.3. The molecule has 0 saturated heterocycles. The van der Waals surface area contributed by atoms with Crippen molar-refractivity contribution >= 4 is 130 Å². The van der Waals surface area contributed by atoms with Crippen molar-refractivity contribution in [2.45, 2.75) is 0 Å². The topological polar surface area (TPSA) is 171 Å². The van der Waals surface area contributed by atoms with Gasteiger partial charge in [0.2, 0.25) is 0 Å². The molecular formula is C114H63N9O6Pt3S3. The molecule has 27 aromatic rings. The average Bonchev–Trinajstić information content (AvgIpc) is 1.59. The van der Waals surface area contributed by atoms with Crippen molar-refractivity contribution in [2.24, 2.45) is 0 Å². The Labute approximate surface area is 826 Å². The Balaban J connectivity index is 0.000000116. The first-order valence-electron chi connectivity index (χ1n) is 42.6. The van der Waals surface area contributed by atoms with Crippen LogP contribution >= 0.6 is 34.0 Å². The Morgan fingerprint density at radius 2 is 0.659 bits per heavy atom. The smallest absolute Gasteiger partial charge is 0.473 e. The van der Waals surface area contributed by atoms with E-state index in [1.807, 2.05) is 116 Å². The quantitative estimate of drug-likeness (QED) is 0.0891. The molecule has 135 heavy (non-hydrogen) atoms. The molecule has 15 aromatic heterocycles. The Bertz CT molecular complexity index is 8600. The summed E-state index contributed by atoms with van der Waals surface area (Å²) in [6.45, 7) is 0. The minimum absolute atomic E-state index is 0. The number of hydrogen-bond acceptors (Lipinski definition) is 15. The van der Waals surface area contributed by atoms with Gasteiger partial charge >= 0.3 is 63.2 Å². The minimum atomic E-state index is 0. The van der Waals surface area contributed by atoms with Gasteiger partial charge in [0.15, 0.2) is 0 Å². The summed E-state index contributed by atoms with van der Waals surface area (Å²) >= 11 is 5.03. The second kappa shape index (κ2) is 36.5. The zero-order chi connectivity index (χ0) is 87.1. The molecule has 0 radical (unpaired) electrons. The van der Waals surface area contributed by atoms with Crippen LogP contribution in [0.5, 0.6) is 0 Å². The van der Waals surface area contributed by atoms with Gasteiger partial charge in [0.05, 0.1) is 91.7 Å². The summed E-state index contributed by atoms with van der Waals surface area (Å²) in [5.41, 5.74) is 32.5. The molecule has 15 nitrogen and oxygen atoms in total. The van der Waals surface area contributed by atoms with Crippen LogP contribution in [0.3, 0.4) is 0 Å². The maximum atomic E-state index is 5.53. The van der Waals surface area contributed by atoms with Crippen molar-refractivity contribution in [3.8, 4) is 149 Å². The standard InChI is InChI=1S/3C38H21N3O2S.3Pt/c1-3-7-34-30(5-1)31-13-10-25(38-40-33-6-2-4-8-37(33)44-38)20-36(31)41(34)35-19-24(9-12-29(35)28-16-18-43-23-28)32-14-11-26(21-39-32)27-15-17-42-22-27;1-2-15-39-33(6-1)26-4-3-5-30(18-26)41-35-12-9-24(28-13-16-42-22-28)19-32(35)31-10-7-27(20-36(31)41)38-40-34-11-8-25(21-37(34)44-38)29-14-17-43-23-29;1-2-15-39-33(6-1)26-4-3-5-30(18-26)41-35-11-8-24(28-13-16-42-22-28)19-32(35)31-10-7-27(21-36(31)41)38-40-34-20-25(9-12-37(34)44-38)29-14-17-43-23-29;;;/h1-18,21-23H;1-17,19,21-23H;1-17,19-20,22-23H;;;/q3*-2;3*+2. The number of benzene rings is 12. The fourth-order valence-electron chi connectivity index (χ4n) is 17.5. The van der Waals surface area contributed by atoms with Crippen LogP contribution in [-0.2, 0) is 63.2 Å². The molecule has 0 unspecified atom stereocenters. The molecule has 15 heterocycles. The summed E-state index contributed by atoms with van der Waals surface area (Å²) in [5.74, 6) is 0. The minimum Gasteiger partial charge on any atom is -0.473 e. The normalized spacial score (nSPS) is 11.4. The van der Waals surface area contributed by atoms with Crippen molar-refractivity contribution in [1.82, 2.24) is 43.6 Å². The Morgan fingerprint density at radius 1 is 0.244 bits per heavy atom. The third-order valence-electron chi connectivity index (χ3n) is 23.9. The van der Waals surface area contributed by atoms with Gasteiger partial charge in [-0.2, -0.15) is 34.0 Å². The molecule has 0 aliphatic heterocycles. The number of para-hydroxylation sites is 2. The largest absolute Gasteiger partial charge is 2.00 e. The first-order chi connectivity index (χ1) is 65.4. The van der Waals surface area contributed by atoms with Gasteiger partial charge in [0.1, 0.15) is 0 Å². The van der Waals surface area contributed by atoms with Gasteiger partial charge in [-0.05, 0) is 198 Å². The Kier molecular flexibility index (Phi) is 23.1. The van der Waals surface area contributed by atoms with Gasteiger partial charge in [-0.1, -0.05) is 125 Å². The maximum absolute atomic E-state index is 5.53. The zero-order valence-corrected chi connectivity index (χ0v) is 79.8. The molecule has 0 atom stereocenters. The molecule has 0 N–H and O–H groups in total. The molecule has 12 aromatic carbocycles. The van der Waals surface area contributed by atoms with Crippen LogP contribution in [0, 0.1) is 36.4 Å². The SMILES string of the molecule is [Pt+2].[Pt+2].[Pt+2].[c-]1c(-c2ccc(-c3ccoc3)cn2)ccc(-c2ccoc2)c1-n1c2[c-]c(-c3nc4ccccc4s3)ccc2c2ccccc21.[c-]1c(-c2ccccn2)cccc1-n1c2[c-]c(-c3nc4cc(-c5ccoc5)ccc4s3)ccc2c2cc(-c3ccoc3)ccc21.[c-]1c(-c2ccccn2)cccc1-n1c2[c-]c(-c3nc4ccc(-c5ccoc5)cc4s3)ccc2c2cc(-c3ccoc3)ccc21. The number of aromatic nitrogens is 9. The zero-order valence-electron chi connectivity index (χ0n) is 70.5. The van der Waals surface area contributed by atoms with E-state index in [2.05, 4.69) is 254 Å². The van der Waals surface area contributed by atoms with Gasteiger partial charge in [0.25, 0.3) is 0 Å². The van der Waals surface area contributed by atoms with Crippen LogP contribution in [0.15, 0.2) is 411 Å². The van der Waals surface area contributed by atoms with Gasteiger partial charge < -0.3 is 55.2 Å². The van der Waals surface area contributed by atoms with E-state index in [1.165, 1.54) is 0 Å². The average molecular weight is 2340 g/mol. The second-order valence-electron chi connectivity index (χ2n) is 31.7. The van der Waals surface area contributed by atoms with Gasteiger partial charge in [-0.3, -0.25) is 15.0 Å². The van der Waals surface area contributed by atoms with Gasteiger partial charge in [-0.15, -0.1) is 155 Å². The van der Waals surface area contributed by atoms with E-state index in [4.69, 9.17) is 46.4 Å². The third-order valence-corrected chi connectivity index (χ3v) is 27.1. The van der Waals surface area contributed by atoms with Crippen LogP contribution < -0.4 is 0 Å². The summed E-state index contributed by atoms with van der Waals surface area (Å²) in [6.07, 6.45) is 26.2. The predicted octanol–water partition coefficient (Wildman–Crippen LogP) is 30.7. The molecular weight excluding hydrogens is 2270 g/mol. The number of hydrogen-bond donors (Lipinski definition) is 0. The number of nitrogens with zero attached hydrogens (tertiary/aromatic N) is 9. The number of furan rings is 6. The van der Waals surface area contributed by atoms with Crippen molar-refractivity contribution in [3.05, 3.63) is 421 Å². The van der Waals surface area contributed by atoms with Crippen LogP contribution in [0.1, 0.15) is 0 Å². The second-order valence-corrected chi connectivity index (χ2v) is 34.8. The van der Waals surface area contributed by atoms with Crippen LogP contribution in [0.2, 0.25) is 0 Å². The van der Waals surface area contributed by atoms with E-state index in [0.29, 0.717) is 0 Å². The summed E-state index contributed by atoms with van der Waals surface area (Å²) in [4.78, 5) is 28.9. The molecule has 0 fully saturated rings. The first-order valence-corrected chi connectivity index (χ1v) is 45.0. The molecule has 0 bridgehead atoms. The Hall–Kier alpha value is -15.1. The van der Waals surface area contributed by atoms with E-state index in [9.17, 15) is 0 Å². The van der Waals surface area contributed by atoms with Crippen LogP contribution in [-0.4, -0.2) is 43.6 Å². The molecule has 27 rings (SSSR count). The molecule has 0 amide bonds. The summed E-state index contributed by atoms with van der Waals surface area (Å²) in [7, 11) is 0. The van der Waals surface area contributed by atoms with E-state index in [1.54, 1.807) is 109 Å². The predicted molar refractivity (Wildman–Crippen MR) is 527 cm³/mol. The van der Waals surface area contributed by atoms with Gasteiger partial charge in [-0.25, -0.2) is 0 Å². The molecule has 21 heteroatoms. The molecule has 0 saturated carbocycles. The van der Waals surface area contributed by atoms with E-state index in [0.717, 1.165) is 245 Å². The monoisotopic (exact) mass is 2330 g/mol. The molecule has 0 aliphatic rings. The van der Waals surface area contributed by atoms with Crippen LogP contribution in [0.25, 0.3) is 245 Å². The molecule has 0 aliphatic carbocycles. The fraction of sp³-hybridized carbons (Fsp3) is 0. The van der Waals surface area contributed by atoms with Crippen LogP contribution in [0.4, 0.5) is 0 Å². The summed E-state index contributed by atoms with van der Waals surface area (Å²) in [5, 5.41) is 9.53. The van der Waals surface area contributed by atoms with Crippen molar-refractivity contribution in [3.63, 3.8) is 0 Å². The Morgan fingerprint density at radius 3 is 1.18 bits per heavy atom. The number of rotatable bonds is 15. The molecule has 648 valence electrons. The van der Waals surface area contributed by atoms with Crippen molar-refractivity contribution < 1.29 is 89.7 Å². The fourth-order valence-corrected chi connectivity index (χ4v) is 20.4. The van der Waals surface area contributed by atoms with E-state index < -0.39 is 0 Å². The van der Waals surface area contributed by atoms with E-state index >= 15 is 0 Å². The van der Waals surface area contributed by atoms with E-state index in [-0.39, 0.29) is 63.2 Å². The summed E-state index contributed by atoms with van der Waals surface area (Å²) in [6, 6.07) is 122.